The van der Waals surface area contributed by atoms with Crippen molar-refractivity contribution in [2.24, 2.45) is 0 Å². The van der Waals surface area contributed by atoms with E-state index in [0.717, 1.165) is 38.0 Å². The van der Waals surface area contributed by atoms with Gasteiger partial charge < -0.3 is 9.67 Å². The van der Waals surface area contributed by atoms with Gasteiger partial charge in [-0.1, -0.05) is 130 Å². The summed E-state index contributed by atoms with van der Waals surface area (Å²) < 4.78 is 14.0. The Labute approximate surface area is 209 Å². The van der Waals surface area contributed by atoms with Crippen molar-refractivity contribution in [3.63, 3.8) is 0 Å². The number of rotatable bonds is 27. The van der Waals surface area contributed by atoms with Crippen molar-refractivity contribution >= 4 is 7.14 Å². The molecule has 200 valence electrons. The van der Waals surface area contributed by atoms with Crippen LogP contribution in [-0.4, -0.2) is 48.3 Å². The molecule has 0 spiro atoms. The molecule has 0 aliphatic rings. The molecule has 0 aromatic heterocycles. The van der Waals surface area contributed by atoms with Crippen molar-refractivity contribution in [2.75, 3.05) is 38.3 Å². The first-order chi connectivity index (χ1) is 16.1. The first-order valence-electron chi connectivity index (χ1n) is 15.0. The molecular formula is C29H62NO2P. The third-order valence-corrected chi connectivity index (χ3v) is 10.2. The average molecular weight is 488 g/mol. The number of hydrogen-bond donors (Lipinski definition) is 1. The molecule has 4 heteroatoms. The number of unbranched alkanes of at least 4 members (excludes halogenated alkanes) is 17. The Morgan fingerprint density at radius 2 is 0.879 bits per heavy atom. The number of nitrogens with zero attached hydrogens (tertiary/aromatic N) is 1. The van der Waals surface area contributed by atoms with Crippen LogP contribution in [0.2, 0.25) is 0 Å². The van der Waals surface area contributed by atoms with E-state index in [-0.39, 0.29) is 6.61 Å². The third-order valence-electron chi connectivity index (χ3n) is 7.04. The fraction of sp³-hybridized carbons (Fsp3) is 1.00. The van der Waals surface area contributed by atoms with Crippen molar-refractivity contribution in [1.82, 2.24) is 4.90 Å². The van der Waals surface area contributed by atoms with Gasteiger partial charge in [0.15, 0.2) is 0 Å². The highest BCUT2D eigenvalue weighted by Crippen LogP contribution is 2.48. The van der Waals surface area contributed by atoms with Crippen LogP contribution in [0.25, 0.3) is 0 Å². The molecule has 0 aromatic rings. The summed E-state index contributed by atoms with van der Waals surface area (Å²) in [5, 5.41) is 9.57. The number of hydrogen-bond acceptors (Lipinski definition) is 3. The number of aliphatic hydroxyl groups excluding tert-OH is 1. The second kappa shape index (κ2) is 25.2. The van der Waals surface area contributed by atoms with E-state index < -0.39 is 7.14 Å². The van der Waals surface area contributed by atoms with Gasteiger partial charge in [-0.15, -0.1) is 0 Å². The lowest BCUT2D eigenvalue weighted by molar-refractivity contribution is 0.211. The van der Waals surface area contributed by atoms with Crippen LogP contribution in [0, 0.1) is 0 Å². The summed E-state index contributed by atoms with van der Waals surface area (Å²) in [7, 11) is -2.18. The normalized spacial score (nSPS) is 12.2. The molecule has 0 saturated carbocycles. The molecule has 0 aliphatic heterocycles. The maximum atomic E-state index is 14.0. The second-order valence-corrected chi connectivity index (χ2v) is 13.8. The molecule has 0 amide bonds. The van der Waals surface area contributed by atoms with Crippen LogP contribution in [0.15, 0.2) is 0 Å². The van der Waals surface area contributed by atoms with Crippen LogP contribution < -0.4 is 0 Å². The third kappa shape index (κ3) is 22.4. The zero-order chi connectivity index (χ0) is 24.5. The van der Waals surface area contributed by atoms with Gasteiger partial charge in [0, 0.05) is 18.9 Å². The van der Waals surface area contributed by atoms with E-state index in [2.05, 4.69) is 25.7 Å². The average Bonchev–Trinajstić information content (AvgIpc) is 2.80. The zero-order valence-corrected chi connectivity index (χ0v) is 24.0. The maximum absolute atomic E-state index is 14.0. The summed E-state index contributed by atoms with van der Waals surface area (Å²) >= 11 is 0. The van der Waals surface area contributed by atoms with E-state index >= 15 is 0 Å². The van der Waals surface area contributed by atoms with E-state index in [0.29, 0.717) is 6.54 Å². The summed E-state index contributed by atoms with van der Waals surface area (Å²) in [4.78, 5) is 2.33. The maximum Gasteiger partial charge on any atom is 0.101 e. The molecule has 0 radical (unpaired) electrons. The molecule has 0 atom stereocenters. The van der Waals surface area contributed by atoms with Gasteiger partial charge in [-0.3, -0.25) is 4.90 Å². The quantitative estimate of drug-likeness (QED) is 0.0926. The number of aliphatic hydroxyl groups is 1. The molecular weight excluding hydrogens is 425 g/mol. The van der Waals surface area contributed by atoms with Crippen LogP contribution in [0.1, 0.15) is 149 Å². The molecule has 1 N–H and O–H groups in total. The van der Waals surface area contributed by atoms with Gasteiger partial charge in [0.05, 0.1) is 12.9 Å². The first-order valence-corrected chi connectivity index (χ1v) is 17.3. The Morgan fingerprint density at radius 3 is 1.27 bits per heavy atom. The molecule has 3 nitrogen and oxygen atoms in total. The smallest absolute Gasteiger partial charge is 0.101 e. The molecule has 0 aromatic carbocycles. The molecule has 0 rings (SSSR count). The predicted molar refractivity (Wildman–Crippen MR) is 150 cm³/mol. The van der Waals surface area contributed by atoms with Gasteiger partial charge in [0.25, 0.3) is 0 Å². The van der Waals surface area contributed by atoms with Crippen LogP contribution in [0.4, 0.5) is 0 Å². The minimum atomic E-state index is -2.18. The lowest BCUT2D eigenvalue weighted by Crippen LogP contribution is -2.30. The molecule has 0 unspecified atom stereocenters. The fourth-order valence-corrected chi connectivity index (χ4v) is 7.96. The summed E-state index contributed by atoms with van der Waals surface area (Å²) in [5.41, 5.74) is 0. The van der Waals surface area contributed by atoms with Crippen LogP contribution in [-0.2, 0) is 4.57 Å². The van der Waals surface area contributed by atoms with Crippen molar-refractivity contribution < 1.29 is 9.67 Å². The Morgan fingerprint density at radius 1 is 0.515 bits per heavy atom. The SMILES string of the molecule is CCCCCCCCCCP(=O)(CCCCCCCCCC)CN(CCO)CCCCCC. The van der Waals surface area contributed by atoms with Gasteiger partial charge >= 0.3 is 0 Å². The Kier molecular flexibility index (Phi) is 25.4. The molecule has 0 saturated heterocycles. The van der Waals surface area contributed by atoms with Gasteiger partial charge in [-0.25, -0.2) is 0 Å². The Balaban J connectivity index is 4.49. The summed E-state index contributed by atoms with van der Waals surface area (Å²) in [6.45, 7) is 8.66. The standard InChI is InChI=1S/C29H62NO2P/c1-4-7-10-13-15-17-19-22-27-33(32,28-23-20-18-16-14-11-8-5-2)29-30(25-26-31)24-21-12-9-6-3/h31H,4-29H2,1-3H3. The van der Waals surface area contributed by atoms with Crippen LogP contribution in [0.5, 0.6) is 0 Å². The van der Waals surface area contributed by atoms with Crippen LogP contribution >= 0.6 is 7.14 Å². The zero-order valence-electron chi connectivity index (χ0n) is 23.1. The van der Waals surface area contributed by atoms with Gasteiger partial charge in [0.2, 0.25) is 0 Å². The highest BCUT2D eigenvalue weighted by molar-refractivity contribution is 7.63. The molecule has 0 fully saturated rings. The largest absolute Gasteiger partial charge is 0.395 e. The van der Waals surface area contributed by atoms with E-state index in [4.69, 9.17) is 0 Å². The van der Waals surface area contributed by atoms with Gasteiger partial charge in [-0.05, 0) is 25.8 Å². The topological polar surface area (TPSA) is 40.5 Å². The second-order valence-electron chi connectivity index (χ2n) is 10.5. The summed E-state index contributed by atoms with van der Waals surface area (Å²) in [6, 6.07) is 0. The summed E-state index contributed by atoms with van der Waals surface area (Å²) in [5.74, 6) is 0. The van der Waals surface area contributed by atoms with E-state index in [1.807, 2.05) is 0 Å². The molecule has 0 bridgehead atoms. The first kappa shape index (κ1) is 33.1. The van der Waals surface area contributed by atoms with Crippen LogP contribution in [0.3, 0.4) is 0 Å². The minimum Gasteiger partial charge on any atom is -0.395 e. The predicted octanol–water partition coefficient (Wildman–Crippen LogP) is 9.46. The molecule has 0 heterocycles. The fourth-order valence-electron chi connectivity index (χ4n) is 4.84. The Hall–Kier alpha value is 0.150. The summed E-state index contributed by atoms with van der Waals surface area (Å²) in [6.07, 6.45) is 28.4. The lowest BCUT2D eigenvalue weighted by atomic mass is 10.1. The van der Waals surface area contributed by atoms with Crippen molar-refractivity contribution in [2.45, 2.75) is 149 Å². The van der Waals surface area contributed by atoms with Crippen molar-refractivity contribution in [1.29, 1.82) is 0 Å². The molecule has 33 heavy (non-hydrogen) atoms. The Bertz CT molecular complexity index is 406. The van der Waals surface area contributed by atoms with Crippen molar-refractivity contribution in [3.05, 3.63) is 0 Å². The van der Waals surface area contributed by atoms with Gasteiger partial charge in [0.1, 0.15) is 7.14 Å². The highest BCUT2D eigenvalue weighted by Gasteiger charge is 2.24. The van der Waals surface area contributed by atoms with Crippen molar-refractivity contribution in [3.8, 4) is 0 Å². The van der Waals surface area contributed by atoms with E-state index in [1.165, 1.54) is 116 Å². The van der Waals surface area contributed by atoms with E-state index in [1.54, 1.807) is 0 Å². The molecule has 0 aliphatic carbocycles. The lowest BCUT2D eigenvalue weighted by Gasteiger charge is -2.28. The van der Waals surface area contributed by atoms with Gasteiger partial charge in [-0.2, -0.15) is 0 Å². The monoisotopic (exact) mass is 487 g/mol. The minimum absolute atomic E-state index is 0.184. The van der Waals surface area contributed by atoms with E-state index in [9.17, 15) is 9.67 Å². The highest BCUT2D eigenvalue weighted by atomic mass is 31.2.